The summed E-state index contributed by atoms with van der Waals surface area (Å²) >= 11 is 0. The fourth-order valence-electron chi connectivity index (χ4n) is 3.81. The lowest BCUT2D eigenvalue weighted by Crippen LogP contribution is -2.12. The first-order chi connectivity index (χ1) is 12.1. The molecule has 3 heteroatoms. The lowest BCUT2D eigenvalue weighted by atomic mass is 9.79. The molecule has 0 aromatic heterocycles. The zero-order chi connectivity index (χ0) is 17.8. The van der Waals surface area contributed by atoms with Gasteiger partial charge in [0.05, 0.1) is 0 Å². The molecule has 3 radical (unpaired) electrons. The number of rotatable bonds is 5. The third-order valence-corrected chi connectivity index (χ3v) is 6.20. The van der Waals surface area contributed by atoms with E-state index < -0.39 is 11.6 Å². The first-order valence-corrected chi connectivity index (χ1v) is 9.96. The van der Waals surface area contributed by atoms with Gasteiger partial charge in [0.1, 0.15) is 0 Å². The van der Waals surface area contributed by atoms with Gasteiger partial charge in [-0.15, -0.1) is 0 Å². The molecular formula is C22H25F2Si. The fourth-order valence-corrected chi connectivity index (χ4v) is 4.22. The van der Waals surface area contributed by atoms with Crippen molar-refractivity contribution in [1.29, 1.82) is 0 Å². The van der Waals surface area contributed by atoms with Crippen molar-refractivity contribution in [2.24, 2.45) is 5.92 Å². The summed E-state index contributed by atoms with van der Waals surface area (Å²) in [6, 6.07) is 13.2. The second kappa shape index (κ2) is 8.26. The maximum absolute atomic E-state index is 14.0. The Morgan fingerprint density at radius 1 is 0.880 bits per heavy atom. The second-order valence-corrected chi connectivity index (χ2v) is 7.74. The van der Waals surface area contributed by atoms with E-state index in [1.807, 2.05) is 0 Å². The molecule has 0 aliphatic heterocycles. The van der Waals surface area contributed by atoms with E-state index in [4.69, 9.17) is 0 Å². The van der Waals surface area contributed by atoms with E-state index in [0.29, 0.717) is 23.5 Å². The predicted octanol–water partition coefficient (Wildman–Crippen LogP) is 5.92. The van der Waals surface area contributed by atoms with Crippen molar-refractivity contribution < 1.29 is 8.78 Å². The Balaban J connectivity index is 1.59. The van der Waals surface area contributed by atoms with Crippen LogP contribution >= 0.6 is 0 Å². The van der Waals surface area contributed by atoms with Crippen molar-refractivity contribution in [3.8, 4) is 0 Å². The Morgan fingerprint density at radius 2 is 1.56 bits per heavy atom. The molecule has 25 heavy (non-hydrogen) atoms. The van der Waals surface area contributed by atoms with E-state index in [2.05, 4.69) is 34.5 Å². The van der Waals surface area contributed by atoms with E-state index in [0.717, 1.165) is 18.4 Å². The molecule has 1 fully saturated rings. The van der Waals surface area contributed by atoms with Gasteiger partial charge in [-0.25, -0.2) is 8.78 Å². The van der Waals surface area contributed by atoms with Crippen LogP contribution in [0.4, 0.5) is 8.78 Å². The third-order valence-electron chi connectivity index (χ3n) is 5.62. The van der Waals surface area contributed by atoms with Crippen LogP contribution in [0.15, 0.2) is 36.4 Å². The highest BCUT2D eigenvalue weighted by Gasteiger charge is 2.21. The van der Waals surface area contributed by atoms with Gasteiger partial charge in [0.2, 0.25) is 0 Å². The van der Waals surface area contributed by atoms with Crippen molar-refractivity contribution in [2.75, 3.05) is 0 Å². The molecule has 0 amide bonds. The number of benzene rings is 2. The van der Waals surface area contributed by atoms with Gasteiger partial charge >= 0.3 is 0 Å². The summed E-state index contributed by atoms with van der Waals surface area (Å²) in [6.45, 7) is 1.59. The van der Waals surface area contributed by atoms with Crippen LogP contribution in [0.5, 0.6) is 0 Å². The van der Waals surface area contributed by atoms with Crippen LogP contribution in [0, 0.1) is 24.5 Å². The zero-order valence-corrected chi connectivity index (χ0v) is 15.8. The minimum atomic E-state index is -0.716. The van der Waals surface area contributed by atoms with Crippen molar-refractivity contribution in [2.45, 2.75) is 57.4 Å². The molecule has 0 atom stereocenters. The average Bonchev–Trinajstić information content (AvgIpc) is 2.66. The Morgan fingerprint density at radius 3 is 2.20 bits per heavy atom. The topological polar surface area (TPSA) is 0 Å². The maximum Gasteiger partial charge on any atom is 0.162 e. The summed E-state index contributed by atoms with van der Waals surface area (Å²) in [5.41, 5.74) is 3.42. The molecule has 131 valence electrons. The van der Waals surface area contributed by atoms with Crippen LogP contribution in [0.25, 0.3) is 0 Å². The molecular weight excluding hydrogens is 330 g/mol. The van der Waals surface area contributed by atoms with E-state index in [1.54, 1.807) is 19.1 Å². The SMILES string of the molecule is Cc1ccc(CCc2ccc(C3CCC(C[Si])CC3)cc2)c(F)c1F. The van der Waals surface area contributed by atoms with E-state index in [-0.39, 0.29) is 0 Å². The van der Waals surface area contributed by atoms with Crippen LogP contribution < -0.4 is 0 Å². The van der Waals surface area contributed by atoms with Crippen LogP contribution in [-0.2, 0) is 12.8 Å². The molecule has 0 N–H and O–H groups in total. The molecule has 0 unspecified atom stereocenters. The largest absolute Gasteiger partial charge is 0.203 e. The Kier molecular flexibility index (Phi) is 6.05. The third kappa shape index (κ3) is 4.38. The molecule has 2 aromatic rings. The van der Waals surface area contributed by atoms with E-state index >= 15 is 0 Å². The molecule has 0 spiro atoms. The summed E-state index contributed by atoms with van der Waals surface area (Å²) in [7, 11) is 3.64. The first-order valence-electron chi connectivity index (χ1n) is 9.25. The summed E-state index contributed by atoms with van der Waals surface area (Å²) in [6.07, 6.45) is 6.39. The zero-order valence-electron chi connectivity index (χ0n) is 14.8. The molecule has 0 nitrogen and oxygen atoms in total. The van der Waals surface area contributed by atoms with E-state index in [1.165, 1.54) is 36.8 Å². The Hall–Kier alpha value is -1.48. The van der Waals surface area contributed by atoms with Gasteiger partial charge in [-0.1, -0.05) is 55.3 Å². The second-order valence-electron chi connectivity index (χ2n) is 7.33. The molecule has 2 aromatic carbocycles. The lowest BCUT2D eigenvalue weighted by Gasteiger charge is -2.28. The van der Waals surface area contributed by atoms with Crippen LogP contribution in [0.3, 0.4) is 0 Å². The summed E-state index contributed by atoms with van der Waals surface area (Å²) in [4.78, 5) is 0. The lowest BCUT2D eigenvalue weighted by molar-refractivity contribution is 0.348. The molecule has 1 saturated carbocycles. The van der Waals surface area contributed by atoms with Gasteiger partial charge in [0, 0.05) is 10.2 Å². The Bertz CT molecular complexity index is 701. The van der Waals surface area contributed by atoms with Crippen molar-refractivity contribution >= 4 is 10.2 Å². The van der Waals surface area contributed by atoms with Crippen LogP contribution in [0.2, 0.25) is 6.04 Å². The average molecular weight is 356 g/mol. The van der Waals surface area contributed by atoms with Crippen LogP contribution in [0.1, 0.15) is 53.9 Å². The van der Waals surface area contributed by atoms with E-state index in [9.17, 15) is 8.78 Å². The minimum absolute atomic E-state index is 0.361. The molecule has 0 heterocycles. The van der Waals surface area contributed by atoms with Gasteiger partial charge in [0.25, 0.3) is 0 Å². The summed E-state index contributed by atoms with van der Waals surface area (Å²) < 4.78 is 27.6. The first kappa shape index (κ1) is 18.3. The summed E-state index contributed by atoms with van der Waals surface area (Å²) in [5.74, 6) is 0.0935. The van der Waals surface area contributed by atoms with Gasteiger partial charge in [-0.05, 0) is 66.7 Å². The van der Waals surface area contributed by atoms with Gasteiger partial charge < -0.3 is 0 Å². The van der Waals surface area contributed by atoms with Gasteiger partial charge in [0.15, 0.2) is 11.6 Å². The highest BCUT2D eigenvalue weighted by molar-refractivity contribution is 6.08. The standard InChI is InChI=1S/C22H25F2Si/c1-15-2-8-20(22(24)21(15)23)13-5-16-3-9-18(10-4-16)19-11-6-17(14-25)7-12-19/h2-4,8-10,17,19H,5-7,11-14H2,1H3. The Labute approximate surface area is 153 Å². The maximum atomic E-state index is 14.0. The highest BCUT2D eigenvalue weighted by atomic mass is 28.1. The quantitative estimate of drug-likeness (QED) is 0.584. The van der Waals surface area contributed by atoms with Gasteiger partial charge in [-0.2, -0.15) is 0 Å². The fraction of sp³-hybridized carbons (Fsp3) is 0.455. The molecule has 3 rings (SSSR count). The smallest absolute Gasteiger partial charge is 0.162 e. The molecule has 1 aliphatic carbocycles. The highest BCUT2D eigenvalue weighted by Crippen LogP contribution is 2.36. The normalized spacial score (nSPS) is 20.6. The number of hydrogen-bond acceptors (Lipinski definition) is 0. The predicted molar refractivity (Wildman–Crippen MR) is 100 cm³/mol. The van der Waals surface area contributed by atoms with Crippen molar-refractivity contribution in [1.82, 2.24) is 0 Å². The minimum Gasteiger partial charge on any atom is -0.203 e. The number of halogens is 2. The van der Waals surface area contributed by atoms with Crippen molar-refractivity contribution in [3.05, 3.63) is 70.3 Å². The van der Waals surface area contributed by atoms with Crippen molar-refractivity contribution in [3.63, 3.8) is 0 Å². The summed E-state index contributed by atoms with van der Waals surface area (Å²) in [5, 5.41) is 0. The molecule has 0 bridgehead atoms. The molecule has 1 aliphatic rings. The number of hydrogen-bond donors (Lipinski definition) is 0. The van der Waals surface area contributed by atoms with Crippen LogP contribution in [-0.4, -0.2) is 10.2 Å². The number of aryl methyl sites for hydroxylation is 3. The molecule has 0 saturated heterocycles. The van der Waals surface area contributed by atoms with Gasteiger partial charge in [-0.3, -0.25) is 0 Å². The monoisotopic (exact) mass is 355 g/mol.